The minimum absolute atomic E-state index is 0.0760. The first-order valence-electron chi connectivity index (χ1n) is 5.81. The van der Waals surface area contributed by atoms with E-state index in [9.17, 15) is 4.79 Å². The molecule has 0 bridgehead atoms. The van der Waals surface area contributed by atoms with E-state index in [1.54, 1.807) is 22.7 Å². The minimum Gasteiger partial charge on any atom is -0.347 e. The molecule has 3 nitrogen and oxygen atoms in total. The summed E-state index contributed by atoms with van der Waals surface area (Å²) < 4.78 is 2.42. The second kappa shape index (κ2) is 4.76. The molecule has 0 saturated carbocycles. The maximum atomic E-state index is 12.1. The molecule has 2 N–H and O–H groups in total. The highest BCUT2D eigenvalue weighted by atomic mass is 32.1. The lowest BCUT2D eigenvalue weighted by Gasteiger charge is -2.23. The Kier molecular flexibility index (Phi) is 3.13. The van der Waals surface area contributed by atoms with E-state index in [2.05, 4.69) is 22.1 Å². The minimum atomic E-state index is 0.0760. The van der Waals surface area contributed by atoms with E-state index in [0.29, 0.717) is 0 Å². The van der Waals surface area contributed by atoms with Crippen molar-refractivity contribution in [2.45, 2.75) is 18.9 Å². The lowest BCUT2D eigenvalue weighted by Crippen LogP contribution is -2.45. The maximum absolute atomic E-state index is 12.1. The first kappa shape index (κ1) is 11.2. The summed E-state index contributed by atoms with van der Waals surface area (Å²) in [7, 11) is 0. The molecule has 1 amide bonds. The molecule has 0 aliphatic carbocycles. The van der Waals surface area contributed by atoms with E-state index in [4.69, 9.17) is 0 Å². The third kappa shape index (κ3) is 2.36. The molecule has 1 unspecified atom stereocenters. The van der Waals surface area contributed by atoms with Gasteiger partial charge in [0.05, 0.1) is 4.88 Å². The predicted molar refractivity (Wildman–Crippen MR) is 73.1 cm³/mol. The summed E-state index contributed by atoms with van der Waals surface area (Å²) in [6, 6.07) is 4.36. The predicted octanol–water partition coefficient (Wildman–Crippen LogP) is 2.44. The van der Waals surface area contributed by atoms with E-state index in [1.165, 1.54) is 9.40 Å². The fourth-order valence-electron chi connectivity index (χ4n) is 2.11. The van der Waals surface area contributed by atoms with Gasteiger partial charge in [-0.2, -0.15) is 0 Å². The molecule has 1 fully saturated rings. The molecule has 2 aromatic heterocycles. The first-order chi connectivity index (χ1) is 8.33. The summed E-state index contributed by atoms with van der Waals surface area (Å²) in [5.74, 6) is 0.0760. The van der Waals surface area contributed by atoms with E-state index in [0.717, 1.165) is 30.8 Å². The van der Waals surface area contributed by atoms with Crippen molar-refractivity contribution >= 4 is 38.0 Å². The van der Waals surface area contributed by atoms with Gasteiger partial charge in [0.1, 0.15) is 0 Å². The molecule has 0 aromatic carbocycles. The number of thiophene rings is 2. The van der Waals surface area contributed by atoms with Crippen LogP contribution in [0.3, 0.4) is 0 Å². The van der Waals surface area contributed by atoms with E-state index >= 15 is 0 Å². The Bertz CT molecular complexity index is 497. The normalized spacial score (nSPS) is 20.6. The summed E-state index contributed by atoms with van der Waals surface area (Å²) in [5, 5.41) is 8.47. The Morgan fingerprint density at radius 1 is 1.47 bits per heavy atom. The number of piperidine rings is 1. The number of hydrogen-bond acceptors (Lipinski definition) is 4. The molecule has 90 valence electrons. The fraction of sp³-hybridized carbons (Fsp3) is 0.417. The van der Waals surface area contributed by atoms with Gasteiger partial charge >= 0.3 is 0 Å². The zero-order valence-corrected chi connectivity index (χ0v) is 11.0. The summed E-state index contributed by atoms with van der Waals surface area (Å²) in [5.41, 5.74) is 0. The first-order valence-corrected chi connectivity index (χ1v) is 7.51. The average Bonchev–Trinajstić information content (AvgIpc) is 2.90. The van der Waals surface area contributed by atoms with Crippen LogP contribution in [0.25, 0.3) is 9.40 Å². The zero-order chi connectivity index (χ0) is 11.7. The van der Waals surface area contributed by atoms with Crippen LogP contribution in [0.15, 0.2) is 17.5 Å². The van der Waals surface area contributed by atoms with Crippen molar-refractivity contribution in [2.24, 2.45) is 0 Å². The van der Waals surface area contributed by atoms with Crippen molar-refractivity contribution in [1.82, 2.24) is 10.6 Å². The second-order valence-electron chi connectivity index (χ2n) is 4.28. The van der Waals surface area contributed by atoms with Crippen LogP contribution < -0.4 is 10.6 Å². The van der Waals surface area contributed by atoms with E-state index in [1.807, 2.05) is 6.07 Å². The van der Waals surface area contributed by atoms with Crippen LogP contribution in [0.2, 0.25) is 0 Å². The second-order valence-corrected chi connectivity index (χ2v) is 6.31. The third-order valence-electron chi connectivity index (χ3n) is 3.00. The molecular weight excluding hydrogens is 252 g/mol. The van der Waals surface area contributed by atoms with Crippen LogP contribution >= 0.6 is 22.7 Å². The van der Waals surface area contributed by atoms with Gasteiger partial charge in [-0.15, -0.1) is 22.7 Å². The molecule has 3 heterocycles. The van der Waals surface area contributed by atoms with Crippen LogP contribution in [0, 0.1) is 0 Å². The third-order valence-corrected chi connectivity index (χ3v) is 5.09. The number of nitrogens with one attached hydrogen (secondary N) is 2. The highest BCUT2D eigenvalue weighted by Crippen LogP contribution is 2.29. The Morgan fingerprint density at radius 3 is 3.18 bits per heavy atom. The van der Waals surface area contributed by atoms with Crippen LogP contribution in [-0.4, -0.2) is 25.0 Å². The molecule has 1 atom stereocenters. The molecular formula is C12H14N2OS2. The van der Waals surface area contributed by atoms with E-state index in [-0.39, 0.29) is 11.9 Å². The SMILES string of the molecule is O=C(NC1CCCNC1)c1cc2sccc2s1. The molecule has 2 aromatic rings. The van der Waals surface area contributed by atoms with Gasteiger partial charge in [0.15, 0.2) is 0 Å². The smallest absolute Gasteiger partial charge is 0.261 e. The Labute approximate surface area is 108 Å². The van der Waals surface area contributed by atoms with Gasteiger partial charge in [-0.3, -0.25) is 4.79 Å². The van der Waals surface area contributed by atoms with Crippen LogP contribution in [-0.2, 0) is 0 Å². The standard InChI is InChI=1S/C12H14N2OS2/c15-12(14-8-2-1-4-13-7-8)11-6-10-9(17-11)3-5-16-10/h3,5-6,8,13H,1-2,4,7H2,(H,14,15). The summed E-state index contributed by atoms with van der Waals surface area (Å²) in [6.07, 6.45) is 2.23. The van der Waals surface area contributed by atoms with Crippen molar-refractivity contribution < 1.29 is 4.79 Å². The molecule has 3 rings (SSSR count). The van der Waals surface area contributed by atoms with Gasteiger partial charge in [0.2, 0.25) is 0 Å². The van der Waals surface area contributed by atoms with Crippen LogP contribution in [0.5, 0.6) is 0 Å². The van der Waals surface area contributed by atoms with Gasteiger partial charge in [0, 0.05) is 22.0 Å². The maximum Gasteiger partial charge on any atom is 0.261 e. The topological polar surface area (TPSA) is 41.1 Å². The van der Waals surface area contributed by atoms with Crippen molar-refractivity contribution in [3.63, 3.8) is 0 Å². The fourth-order valence-corrected chi connectivity index (χ4v) is 4.12. The Balaban J connectivity index is 1.71. The van der Waals surface area contributed by atoms with Gasteiger partial charge < -0.3 is 10.6 Å². The van der Waals surface area contributed by atoms with E-state index < -0.39 is 0 Å². The zero-order valence-electron chi connectivity index (χ0n) is 9.36. The number of hydrogen-bond donors (Lipinski definition) is 2. The Hall–Kier alpha value is -0.910. The van der Waals surface area contributed by atoms with Gasteiger partial charge in [-0.1, -0.05) is 0 Å². The highest BCUT2D eigenvalue weighted by molar-refractivity contribution is 7.27. The monoisotopic (exact) mass is 266 g/mol. The van der Waals surface area contributed by atoms with Crippen molar-refractivity contribution in [2.75, 3.05) is 13.1 Å². The summed E-state index contributed by atoms with van der Waals surface area (Å²) in [6.45, 7) is 1.96. The highest BCUT2D eigenvalue weighted by Gasteiger charge is 2.17. The summed E-state index contributed by atoms with van der Waals surface area (Å²) in [4.78, 5) is 12.9. The number of rotatable bonds is 2. The Morgan fingerprint density at radius 2 is 2.41 bits per heavy atom. The van der Waals surface area contributed by atoms with Gasteiger partial charge in [-0.05, 0) is 36.9 Å². The van der Waals surface area contributed by atoms with Crippen LogP contribution in [0.4, 0.5) is 0 Å². The van der Waals surface area contributed by atoms with Crippen molar-refractivity contribution in [3.8, 4) is 0 Å². The average molecular weight is 266 g/mol. The number of amides is 1. The largest absolute Gasteiger partial charge is 0.347 e. The van der Waals surface area contributed by atoms with Crippen molar-refractivity contribution in [1.29, 1.82) is 0 Å². The number of carbonyl (C=O) groups excluding carboxylic acids is 1. The molecule has 0 radical (unpaired) electrons. The molecule has 1 aliphatic heterocycles. The molecule has 0 spiro atoms. The quantitative estimate of drug-likeness (QED) is 0.876. The lowest BCUT2D eigenvalue weighted by atomic mass is 10.1. The molecule has 17 heavy (non-hydrogen) atoms. The van der Waals surface area contributed by atoms with Gasteiger partial charge in [-0.25, -0.2) is 0 Å². The van der Waals surface area contributed by atoms with Crippen LogP contribution in [0.1, 0.15) is 22.5 Å². The number of carbonyl (C=O) groups is 1. The summed E-state index contributed by atoms with van der Waals surface area (Å²) >= 11 is 3.27. The lowest BCUT2D eigenvalue weighted by molar-refractivity contribution is 0.0935. The molecule has 5 heteroatoms. The van der Waals surface area contributed by atoms with Gasteiger partial charge in [0.25, 0.3) is 5.91 Å². The van der Waals surface area contributed by atoms with Crippen molar-refractivity contribution in [3.05, 3.63) is 22.4 Å². The molecule has 1 aliphatic rings. The number of fused-ring (bicyclic) bond motifs is 1. The molecule has 1 saturated heterocycles.